The van der Waals surface area contributed by atoms with Crippen molar-refractivity contribution in [3.63, 3.8) is 0 Å². The lowest BCUT2D eigenvalue weighted by Crippen LogP contribution is -2.63. The van der Waals surface area contributed by atoms with Crippen molar-refractivity contribution in [1.29, 1.82) is 0 Å². The molecule has 1 saturated carbocycles. The smallest absolute Gasteiger partial charge is 0.338 e. The van der Waals surface area contributed by atoms with Crippen molar-refractivity contribution < 1.29 is 62.6 Å². The first kappa shape index (κ1) is 51.9. The molecule has 1 amide bonds. The first-order valence-corrected chi connectivity index (χ1v) is 23.4. The van der Waals surface area contributed by atoms with Gasteiger partial charge in [-0.25, -0.2) is 9.59 Å². The highest BCUT2D eigenvalue weighted by Gasteiger charge is 2.55. The molecule has 4 aliphatic rings. The highest BCUT2D eigenvalue weighted by molar-refractivity contribution is 6.39. The van der Waals surface area contributed by atoms with Crippen LogP contribution in [0.2, 0.25) is 0 Å². The van der Waals surface area contributed by atoms with Gasteiger partial charge >= 0.3 is 11.9 Å². The number of carbonyl (C=O) groups is 5. The quantitative estimate of drug-likeness (QED) is 0.153. The van der Waals surface area contributed by atoms with E-state index in [0.717, 1.165) is 5.57 Å². The minimum absolute atomic E-state index is 0.0577. The van der Waals surface area contributed by atoms with Crippen LogP contribution in [0, 0.1) is 23.7 Å². The zero-order valence-electron chi connectivity index (χ0n) is 39.7. The molecular weight excluding hydrogens is 835 g/mol. The Hall–Kier alpha value is -4.05. The van der Waals surface area contributed by atoms with Crippen molar-refractivity contribution in [3.8, 4) is 0 Å². The fourth-order valence-electron chi connectivity index (χ4n) is 10.3. The third-order valence-corrected chi connectivity index (χ3v) is 14.3. The molecule has 5 rings (SSSR count). The van der Waals surface area contributed by atoms with Gasteiger partial charge in [0.2, 0.25) is 5.79 Å². The molecule has 360 valence electrons. The van der Waals surface area contributed by atoms with Crippen LogP contribution in [0.5, 0.6) is 0 Å². The molecule has 13 unspecified atom stereocenters. The van der Waals surface area contributed by atoms with Crippen molar-refractivity contribution in [2.45, 2.75) is 166 Å². The van der Waals surface area contributed by atoms with E-state index < -0.39 is 89.5 Å². The molecule has 14 heteroatoms. The van der Waals surface area contributed by atoms with Crippen LogP contribution >= 0.6 is 0 Å². The molecule has 0 spiro atoms. The Labute approximate surface area is 385 Å². The number of ether oxygens (including phenoxy) is 6. The van der Waals surface area contributed by atoms with E-state index >= 15 is 0 Å². The van der Waals surface area contributed by atoms with Crippen LogP contribution in [0.4, 0.5) is 0 Å². The summed E-state index contributed by atoms with van der Waals surface area (Å²) in [6.07, 6.45) is 5.44. The van der Waals surface area contributed by atoms with Gasteiger partial charge in [-0.3, -0.25) is 14.4 Å². The Morgan fingerprint density at radius 1 is 0.938 bits per heavy atom. The number of esters is 2. The summed E-state index contributed by atoms with van der Waals surface area (Å²) in [5.41, 5.74) is 0.229. The molecule has 1 aromatic rings. The number of rotatable bonds is 9. The van der Waals surface area contributed by atoms with Gasteiger partial charge in [-0.2, -0.15) is 0 Å². The molecule has 65 heavy (non-hydrogen) atoms. The first-order valence-electron chi connectivity index (χ1n) is 23.4. The van der Waals surface area contributed by atoms with E-state index in [1.54, 1.807) is 65.3 Å². The van der Waals surface area contributed by atoms with Gasteiger partial charge in [0, 0.05) is 46.1 Å². The number of ketones is 2. The molecule has 2 N–H and O–H groups in total. The molecule has 13 atom stereocenters. The summed E-state index contributed by atoms with van der Waals surface area (Å²) in [6, 6.07) is 7.53. The van der Waals surface area contributed by atoms with Crippen molar-refractivity contribution in [2.24, 2.45) is 23.7 Å². The SMILES string of the molecule is C=CCC1C=C(C)CC(C)CCC2OC(O)(C(=O)C(=O)N3CCCCC3C(=O)OC(C(C)=CC3CCC(OC(=O)c4ccccc4)C(OC)C3)C(C)(OC)C(O)CC1=O)C(C)CC2OC. The number of aliphatic hydroxyl groups is 2. The van der Waals surface area contributed by atoms with Crippen LogP contribution in [0.3, 0.4) is 0 Å². The molecule has 0 aromatic heterocycles. The van der Waals surface area contributed by atoms with E-state index in [1.165, 1.54) is 12.0 Å². The van der Waals surface area contributed by atoms with Gasteiger partial charge < -0.3 is 43.5 Å². The topological polar surface area (TPSA) is 184 Å². The lowest BCUT2D eigenvalue weighted by atomic mass is 9.79. The average Bonchev–Trinajstić information content (AvgIpc) is 3.30. The Morgan fingerprint density at radius 3 is 2.31 bits per heavy atom. The maximum atomic E-state index is 14.6. The molecule has 2 bridgehead atoms. The van der Waals surface area contributed by atoms with Gasteiger partial charge in [0.15, 0.2) is 6.10 Å². The van der Waals surface area contributed by atoms with Crippen LogP contribution in [0.15, 0.2) is 66.3 Å². The van der Waals surface area contributed by atoms with Crippen LogP contribution in [0.25, 0.3) is 0 Å². The molecule has 1 aliphatic carbocycles. The molecule has 3 heterocycles. The number of Topliss-reactive ketones (excluding diaryl/α,β-unsaturated/α-hetero) is 2. The molecule has 14 nitrogen and oxygen atoms in total. The van der Waals surface area contributed by atoms with Gasteiger partial charge in [-0.05, 0) is 121 Å². The lowest BCUT2D eigenvalue weighted by Gasteiger charge is -2.45. The number of allylic oxidation sites excluding steroid dienone is 4. The van der Waals surface area contributed by atoms with Crippen molar-refractivity contribution >= 4 is 29.4 Å². The van der Waals surface area contributed by atoms with E-state index in [9.17, 15) is 34.2 Å². The summed E-state index contributed by atoms with van der Waals surface area (Å²) in [5, 5.41) is 24.1. The fourth-order valence-corrected chi connectivity index (χ4v) is 10.3. The standard InChI is InChI=1S/C51H73NO13/c1-10-16-37-26-32(3)25-31(2)20-22-41-42(60-7)28-34(5)51(59,65-41)45(55)47(56)52-24-15-14-19-38(52)49(58)64-46(50(6,62-9)44(54)30-39(37)53)33(4)27-35-21-23-40(43(29-35)61-8)63-48(57)36-17-12-11-13-18-36/h10-13,17-18,26-27,31,34-35,37-38,40-44,46,54,59H,1,14-16,19-25,28-30H2,2-9H3. The third kappa shape index (κ3) is 12.3. The Morgan fingerprint density at radius 2 is 1.65 bits per heavy atom. The minimum Gasteiger partial charge on any atom is -0.456 e. The largest absolute Gasteiger partial charge is 0.456 e. The second-order valence-electron chi connectivity index (χ2n) is 19.1. The zero-order chi connectivity index (χ0) is 47.6. The lowest BCUT2D eigenvalue weighted by molar-refractivity contribution is -0.287. The van der Waals surface area contributed by atoms with E-state index in [2.05, 4.69) is 13.5 Å². The normalized spacial score (nSPS) is 36.4. The number of nitrogens with zero attached hydrogens (tertiary/aromatic N) is 1. The summed E-state index contributed by atoms with van der Waals surface area (Å²) in [4.78, 5) is 71.6. The summed E-state index contributed by atoms with van der Waals surface area (Å²) < 4.78 is 36.2. The number of piperidine rings is 1. The number of fused-ring (bicyclic) bond motifs is 3. The zero-order valence-corrected chi connectivity index (χ0v) is 39.7. The molecule has 3 fully saturated rings. The summed E-state index contributed by atoms with van der Waals surface area (Å²) >= 11 is 0. The Kier molecular flexibility index (Phi) is 18.5. The number of cyclic esters (lactones) is 1. The number of amides is 1. The highest BCUT2D eigenvalue weighted by atomic mass is 16.7. The highest BCUT2D eigenvalue weighted by Crippen LogP contribution is 2.39. The van der Waals surface area contributed by atoms with Crippen LogP contribution < -0.4 is 0 Å². The number of hydrogen-bond donors (Lipinski definition) is 2. The van der Waals surface area contributed by atoms with Gasteiger partial charge in [0.05, 0.1) is 30.0 Å². The van der Waals surface area contributed by atoms with Gasteiger partial charge in [0.1, 0.15) is 23.5 Å². The minimum atomic E-state index is -2.46. The van der Waals surface area contributed by atoms with Gasteiger partial charge in [-0.15, -0.1) is 6.58 Å². The summed E-state index contributed by atoms with van der Waals surface area (Å²) in [6.45, 7) is 13.0. The van der Waals surface area contributed by atoms with E-state index in [-0.39, 0.29) is 43.4 Å². The number of aliphatic hydroxyl groups excluding tert-OH is 1. The molecule has 2 saturated heterocycles. The number of hydrogen-bond acceptors (Lipinski definition) is 13. The third-order valence-electron chi connectivity index (χ3n) is 14.3. The molecule has 1 aromatic carbocycles. The van der Waals surface area contributed by atoms with E-state index in [0.29, 0.717) is 68.9 Å². The fraction of sp³-hybridized carbons (Fsp3) is 0.667. The number of carbonyl (C=O) groups excluding carboxylic acids is 5. The van der Waals surface area contributed by atoms with E-state index in [1.807, 2.05) is 25.1 Å². The van der Waals surface area contributed by atoms with Crippen LogP contribution in [-0.4, -0.2) is 126 Å². The predicted molar refractivity (Wildman–Crippen MR) is 242 cm³/mol. The molecule has 0 radical (unpaired) electrons. The Bertz CT molecular complexity index is 1900. The average molecular weight is 908 g/mol. The van der Waals surface area contributed by atoms with Crippen molar-refractivity contribution in [1.82, 2.24) is 4.90 Å². The van der Waals surface area contributed by atoms with Crippen molar-refractivity contribution in [2.75, 3.05) is 27.9 Å². The number of methoxy groups -OCH3 is 3. The summed E-state index contributed by atoms with van der Waals surface area (Å²) in [5.74, 6) is -7.62. The Balaban J connectivity index is 1.52. The number of benzene rings is 1. The summed E-state index contributed by atoms with van der Waals surface area (Å²) in [7, 11) is 4.50. The monoisotopic (exact) mass is 908 g/mol. The van der Waals surface area contributed by atoms with Crippen LogP contribution in [-0.2, 0) is 47.6 Å². The second-order valence-corrected chi connectivity index (χ2v) is 19.1. The van der Waals surface area contributed by atoms with Gasteiger partial charge in [0.25, 0.3) is 11.7 Å². The van der Waals surface area contributed by atoms with E-state index in [4.69, 9.17) is 28.4 Å². The first-order chi connectivity index (χ1) is 30.9. The van der Waals surface area contributed by atoms with Gasteiger partial charge in [-0.1, -0.05) is 55.8 Å². The maximum absolute atomic E-state index is 14.6. The van der Waals surface area contributed by atoms with Crippen LogP contribution in [0.1, 0.15) is 122 Å². The molecular formula is C51H73NO13. The predicted octanol–water partition coefficient (Wildman–Crippen LogP) is 6.65. The molecule has 3 aliphatic heterocycles. The van der Waals surface area contributed by atoms with Crippen molar-refractivity contribution in [3.05, 3.63) is 71.8 Å². The second kappa shape index (κ2) is 23.1. The maximum Gasteiger partial charge on any atom is 0.338 e.